The summed E-state index contributed by atoms with van der Waals surface area (Å²) in [6, 6.07) is 15.2. The van der Waals surface area contributed by atoms with E-state index in [2.05, 4.69) is 26.9 Å². The number of anilines is 1. The summed E-state index contributed by atoms with van der Waals surface area (Å²) in [5, 5.41) is 24.7. The maximum atomic E-state index is 13.4. The van der Waals surface area contributed by atoms with Crippen LogP contribution in [0.3, 0.4) is 0 Å². The predicted octanol–water partition coefficient (Wildman–Crippen LogP) is 3.82. The molecule has 1 amide bonds. The van der Waals surface area contributed by atoms with Gasteiger partial charge in [0, 0.05) is 11.4 Å². The number of hydrogen-bond acceptors (Lipinski definition) is 7. The molecule has 0 bridgehead atoms. The molecule has 0 aliphatic heterocycles. The maximum absolute atomic E-state index is 13.4. The van der Waals surface area contributed by atoms with Crippen molar-refractivity contribution in [2.45, 2.75) is 19.0 Å². The van der Waals surface area contributed by atoms with Gasteiger partial charge in [-0.1, -0.05) is 11.8 Å². The lowest BCUT2D eigenvalue weighted by Gasteiger charge is -2.13. The van der Waals surface area contributed by atoms with Crippen LogP contribution in [0.25, 0.3) is 11.4 Å². The quantitative estimate of drug-likeness (QED) is 0.403. The van der Waals surface area contributed by atoms with E-state index in [0.29, 0.717) is 28.0 Å². The van der Waals surface area contributed by atoms with Crippen LogP contribution in [0.5, 0.6) is 5.75 Å². The minimum Gasteiger partial charge on any atom is -0.497 e. The van der Waals surface area contributed by atoms with Gasteiger partial charge in [0.2, 0.25) is 11.1 Å². The number of amides is 1. The average molecular weight is 478 g/mol. The molecule has 0 radical (unpaired) electrons. The summed E-state index contributed by atoms with van der Waals surface area (Å²) in [4.78, 5) is 12.9. The Morgan fingerprint density at radius 2 is 1.82 bits per heavy atom. The number of carbonyl (C=O) groups is 1. The molecule has 0 spiro atoms. The molecule has 1 N–H and O–H groups in total. The van der Waals surface area contributed by atoms with Gasteiger partial charge in [0.15, 0.2) is 0 Å². The van der Waals surface area contributed by atoms with Gasteiger partial charge in [-0.2, -0.15) is 9.94 Å². The second kappa shape index (κ2) is 9.76. The van der Waals surface area contributed by atoms with Crippen molar-refractivity contribution in [1.82, 2.24) is 24.8 Å². The number of ether oxygens (including phenoxy) is 1. The van der Waals surface area contributed by atoms with Gasteiger partial charge in [-0.3, -0.25) is 9.36 Å². The highest BCUT2D eigenvalue weighted by Crippen LogP contribution is 2.30. The largest absolute Gasteiger partial charge is 0.497 e. The number of rotatable bonds is 7. The number of carbonyl (C=O) groups excluding carboxylic acids is 1. The van der Waals surface area contributed by atoms with Crippen LogP contribution in [0.1, 0.15) is 16.8 Å². The zero-order valence-electron chi connectivity index (χ0n) is 18.6. The Kier molecular flexibility index (Phi) is 6.60. The third-order valence-electron chi connectivity index (χ3n) is 5.26. The second-order valence-electron chi connectivity index (χ2n) is 7.27. The molecule has 11 heteroatoms. The second-order valence-corrected chi connectivity index (χ2v) is 8.21. The number of methoxy groups -OCH3 is 1. The highest BCUT2D eigenvalue weighted by Gasteiger charge is 2.21. The average Bonchev–Trinajstić information content (AvgIpc) is 3.41. The van der Waals surface area contributed by atoms with E-state index in [1.165, 1.54) is 16.8 Å². The smallest absolute Gasteiger partial charge is 0.236 e. The van der Waals surface area contributed by atoms with Crippen LogP contribution in [0.15, 0.2) is 53.7 Å². The van der Waals surface area contributed by atoms with Gasteiger partial charge in [-0.15, -0.1) is 5.10 Å². The summed E-state index contributed by atoms with van der Waals surface area (Å²) in [5.74, 6) is 0.334. The number of thioether (sulfide) groups is 1. The summed E-state index contributed by atoms with van der Waals surface area (Å²) >= 11 is 1.16. The fourth-order valence-electron chi connectivity index (χ4n) is 3.43. The van der Waals surface area contributed by atoms with E-state index in [4.69, 9.17) is 4.74 Å². The highest BCUT2D eigenvalue weighted by atomic mass is 32.2. The molecule has 0 fully saturated rings. The van der Waals surface area contributed by atoms with Crippen LogP contribution in [-0.4, -0.2) is 43.5 Å². The van der Waals surface area contributed by atoms with Crippen molar-refractivity contribution in [3.63, 3.8) is 0 Å². The van der Waals surface area contributed by atoms with Crippen LogP contribution in [0, 0.1) is 31.0 Å². The molecular formula is C23H20FN7O2S. The topological polar surface area (TPSA) is 111 Å². The van der Waals surface area contributed by atoms with E-state index in [-0.39, 0.29) is 17.5 Å². The Bertz CT molecular complexity index is 1370. The van der Waals surface area contributed by atoms with Crippen molar-refractivity contribution in [3.8, 4) is 23.2 Å². The first-order valence-corrected chi connectivity index (χ1v) is 11.1. The standard InChI is InChI=1S/C23H20FN7O2S/c1-14-15(2)30(17-6-4-16(24)5-7-17)22(20(14)12-25)26-21(32)13-34-23-27-28-29-31(23)18-8-10-19(33-3)11-9-18/h4-11H,13H2,1-3H3,(H,26,32). The van der Waals surface area contributed by atoms with Gasteiger partial charge in [0.05, 0.1) is 24.1 Å². The monoisotopic (exact) mass is 477 g/mol. The van der Waals surface area contributed by atoms with Crippen molar-refractivity contribution >= 4 is 23.5 Å². The van der Waals surface area contributed by atoms with Crippen LogP contribution >= 0.6 is 11.8 Å². The molecule has 0 unspecified atom stereocenters. The van der Waals surface area contributed by atoms with Crippen LogP contribution in [-0.2, 0) is 4.79 Å². The van der Waals surface area contributed by atoms with E-state index in [1.54, 1.807) is 55.0 Å². The third kappa shape index (κ3) is 4.49. The maximum Gasteiger partial charge on any atom is 0.236 e. The molecule has 172 valence electrons. The van der Waals surface area contributed by atoms with E-state index >= 15 is 0 Å². The molecule has 2 heterocycles. The van der Waals surface area contributed by atoms with Gasteiger partial charge in [0.1, 0.15) is 23.5 Å². The molecule has 0 saturated carbocycles. The molecule has 4 aromatic rings. The van der Waals surface area contributed by atoms with E-state index in [9.17, 15) is 14.4 Å². The molecular weight excluding hydrogens is 457 g/mol. The van der Waals surface area contributed by atoms with E-state index in [0.717, 1.165) is 28.7 Å². The van der Waals surface area contributed by atoms with Gasteiger partial charge in [0.25, 0.3) is 0 Å². The number of nitrogens with zero attached hydrogens (tertiary/aromatic N) is 6. The third-order valence-corrected chi connectivity index (χ3v) is 6.18. The van der Waals surface area contributed by atoms with Crippen molar-refractivity contribution in [1.29, 1.82) is 5.26 Å². The Morgan fingerprint density at radius 1 is 1.15 bits per heavy atom. The van der Waals surface area contributed by atoms with E-state index < -0.39 is 0 Å². The Labute approximate surface area is 199 Å². The predicted molar refractivity (Wildman–Crippen MR) is 125 cm³/mol. The number of nitrogens with one attached hydrogen (secondary N) is 1. The van der Waals surface area contributed by atoms with Crippen molar-refractivity contribution in [2.24, 2.45) is 0 Å². The molecule has 0 atom stereocenters. The summed E-state index contributed by atoms with van der Waals surface area (Å²) in [5.41, 5.74) is 3.21. The van der Waals surface area contributed by atoms with Gasteiger partial charge in [-0.05, 0) is 78.4 Å². The molecule has 34 heavy (non-hydrogen) atoms. The summed E-state index contributed by atoms with van der Waals surface area (Å²) < 4.78 is 21.9. The summed E-state index contributed by atoms with van der Waals surface area (Å²) in [6.45, 7) is 3.65. The first kappa shape index (κ1) is 23.0. The Hall–Kier alpha value is -4.17. The summed E-state index contributed by atoms with van der Waals surface area (Å²) in [6.07, 6.45) is 0. The molecule has 0 aliphatic rings. The first-order chi connectivity index (χ1) is 16.4. The lowest BCUT2D eigenvalue weighted by molar-refractivity contribution is -0.113. The van der Waals surface area contributed by atoms with E-state index in [1.807, 2.05) is 6.92 Å². The van der Waals surface area contributed by atoms with Crippen molar-refractivity contribution in [2.75, 3.05) is 18.2 Å². The molecule has 2 aromatic carbocycles. The molecule has 0 aliphatic carbocycles. The number of aromatic nitrogens is 5. The van der Waals surface area contributed by atoms with Crippen molar-refractivity contribution < 1.29 is 13.9 Å². The molecule has 9 nitrogen and oxygen atoms in total. The Balaban J connectivity index is 1.55. The minimum atomic E-state index is -0.373. The Morgan fingerprint density at radius 3 is 2.47 bits per heavy atom. The number of nitriles is 1. The zero-order chi connectivity index (χ0) is 24.2. The molecule has 0 saturated heterocycles. The van der Waals surface area contributed by atoms with Gasteiger partial charge in [-0.25, -0.2) is 4.39 Å². The number of halogens is 1. The number of hydrogen-bond donors (Lipinski definition) is 1. The zero-order valence-corrected chi connectivity index (χ0v) is 19.4. The van der Waals surface area contributed by atoms with Crippen molar-refractivity contribution in [3.05, 3.63) is 71.2 Å². The fourth-order valence-corrected chi connectivity index (χ4v) is 4.12. The molecule has 4 rings (SSSR count). The number of benzene rings is 2. The number of tetrazole rings is 1. The van der Waals surface area contributed by atoms with Crippen LogP contribution < -0.4 is 10.1 Å². The van der Waals surface area contributed by atoms with Gasteiger partial charge < -0.3 is 10.1 Å². The lowest BCUT2D eigenvalue weighted by atomic mass is 10.2. The fraction of sp³-hybridized carbons (Fsp3) is 0.174. The highest BCUT2D eigenvalue weighted by molar-refractivity contribution is 7.99. The molecule has 2 aromatic heterocycles. The van der Waals surface area contributed by atoms with Gasteiger partial charge >= 0.3 is 0 Å². The van der Waals surface area contributed by atoms with Crippen LogP contribution in [0.4, 0.5) is 10.2 Å². The summed E-state index contributed by atoms with van der Waals surface area (Å²) in [7, 11) is 1.58. The SMILES string of the molecule is COc1ccc(-n2nnnc2SCC(=O)Nc2c(C#N)c(C)c(C)n2-c2ccc(F)cc2)cc1. The minimum absolute atomic E-state index is 0.00803. The first-order valence-electron chi connectivity index (χ1n) is 10.2. The lowest BCUT2D eigenvalue weighted by Crippen LogP contribution is -2.18. The van der Waals surface area contributed by atoms with Crippen LogP contribution in [0.2, 0.25) is 0 Å². The normalized spacial score (nSPS) is 10.7.